The lowest BCUT2D eigenvalue weighted by atomic mass is 10.9. The molecule has 0 rings (SSSR count). The van der Waals surface area contributed by atoms with Crippen molar-refractivity contribution < 1.29 is 9.22 Å². The van der Waals surface area contributed by atoms with Crippen LogP contribution < -0.4 is 0 Å². The molecule has 0 aliphatic carbocycles. The zero-order chi connectivity index (χ0) is 5.70. The van der Waals surface area contributed by atoms with Gasteiger partial charge in [0.15, 0.2) is 0 Å². The van der Waals surface area contributed by atoms with Crippen LogP contribution in [0.15, 0.2) is 12.3 Å². The van der Waals surface area contributed by atoms with Gasteiger partial charge in [0.1, 0.15) is 0 Å². The number of hydrogen-bond donors (Lipinski definition) is 1. The first kappa shape index (κ1) is 6.88. The first-order valence-electron chi connectivity index (χ1n) is 2.23. The third-order valence-electron chi connectivity index (χ3n) is 0.539. The van der Waals surface area contributed by atoms with E-state index in [9.17, 15) is 0 Å². The molecule has 0 aliphatic rings. The molecule has 0 aromatic carbocycles. The van der Waals surface area contributed by atoms with Crippen LogP contribution in [0.1, 0.15) is 6.92 Å². The average Bonchev–Trinajstić information content (AvgIpc) is 1.68. The predicted molar refractivity (Wildman–Crippen MR) is 31.2 cm³/mol. The van der Waals surface area contributed by atoms with Gasteiger partial charge in [0.2, 0.25) is 0 Å². The van der Waals surface area contributed by atoms with E-state index in [0.717, 1.165) is 0 Å². The minimum Gasteiger partial charge on any atom is -0.410 e. The maximum Gasteiger partial charge on any atom is 0.345 e. The Labute approximate surface area is 45.3 Å². The third-order valence-corrected chi connectivity index (χ3v) is 1.62. The van der Waals surface area contributed by atoms with Crippen LogP contribution in [0.5, 0.6) is 0 Å². The van der Waals surface area contributed by atoms with Crippen molar-refractivity contribution in [1.29, 1.82) is 0 Å². The molecule has 2 nitrogen and oxygen atoms in total. The van der Waals surface area contributed by atoms with Gasteiger partial charge in [-0.3, -0.25) is 0 Å². The SMILES string of the molecule is C=C[SiH](O)OCC. The lowest BCUT2D eigenvalue weighted by molar-refractivity contribution is 0.286. The van der Waals surface area contributed by atoms with Gasteiger partial charge in [-0.15, -0.1) is 6.58 Å². The van der Waals surface area contributed by atoms with Gasteiger partial charge in [-0.2, -0.15) is 0 Å². The van der Waals surface area contributed by atoms with Crippen LogP contribution in [0.25, 0.3) is 0 Å². The molecule has 42 valence electrons. The van der Waals surface area contributed by atoms with Gasteiger partial charge in [-0.1, -0.05) is 5.70 Å². The molecule has 1 unspecified atom stereocenters. The van der Waals surface area contributed by atoms with Crippen molar-refractivity contribution >= 4 is 9.28 Å². The third kappa shape index (κ3) is 3.71. The summed E-state index contributed by atoms with van der Waals surface area (Å²) < 4.78 is 4.77. The zero-order valence-electron chi connectivity index (χ0n) is 4.42. The monoisotopic (exact) mass is 118 g/mol. The lowest BCUT2D eigenvalue weighted by Gasteiger charge is -1.98. The fourth-order valence-corrected chi connectivity index (χ4v) is 0.716. The first-order chi connectivity index (χ1) is 3.31. The average molecular weight is 118 g/mol. The summed E-state index contributed by atoms with van der Waals surface area (Å²) in [5.74, 6) is 0. The Bertz CT molecular complexity index is 55.7. The fourth-order valence-electron chi connectivity index (χ4n) is 0.239. The van der Waals surface area contributed by atoms with Gasteiger partial charge < -0.3 is 9.22 Å². The molecule has 0 heterocycles. The molecule has 0 fully saturated rings. The largest absolute Gasteiger partial charge is 0.410 e. The van der Waals surface area contributed by atoms with E-state index in [4.69, 9.17) is 9.22 Å². The topological polar surface area (TPSA) is 29.5 Å². The molecular formula is C4H10O2Si. The predicted octanol–water partition coefficient (Wildman–Crippen LogP) is -0.0391. The number of hydrogen-bond acceptors (Lipinski definition) is 2. The van der Waals surface area contributed by atoms with Crippen molar-refractivity contribution in [2.24, 2.45) is 0 Å². The summed E-state index contributed by atoms with van der Waals surface area (Å²) in [6.07, 6.45) is 0. The van der Waals surface area contributed by atoms with Crippen LogP contribution in [-0.4, -0.2) is 20.7 Å². The van der Waals surface area contributed by atoms with E-state index in [2.05, 4.69) is 6.58 Å². The van der Waals surface area contributed by atoms with Crippen molar-refractivity contribution in [1.82, 2.24) is 0 Å². The van der Waals surface area contributed by atoms with Gasteiger partial charge in [0.25, 0.3) is 0 Å². The highest BCUT2D eigenvalue weighted by molar-refractivity contribution is 6.48. The van der Waals surface area contributed by atoms with Gasteiger partial charge >= 0.3 is 9.28 Å². The van der Waals surface area contributed by atoms with Gasteiger partial charge in [-0.25, -0.2) is 0 Å². The highest BCUT2D eigenvalue weighted by atomic mass is 28.3. The molecule has 0 amide bonds. The van der Waals surface area contributed by atoms with Gasteiger partial charge in [0, 0.05) is 6.61 Å². The van der Waals surface area contributed by atoms with Crippen LogP contribution in [0.2, 0.25) is 0 Å². The zero-order valence-corrected chi connectivity index (χ0v) is 5.58. The summed E-state index contributed by atoms with van der Waals surface area (Å²) in [5, 5.41) is 0. The molecular weight excluding hydrogens is 108 g/mol. The van der Waals surface area contributed by atoms with Crippen LogP contribution >= 0.6 is 0 Å². The molecule has 1 atom stereocenters. The molecule has 1 N–H and O–H groups in total. The Hall–Kier alpha value is -0.123. The summed E-state index contributed by atoms with van der Waals surface area (Å²) in [5.41, 5.74) is 1.48. The molecule has 0 spiro atoms. The Morgan fingerprint density at radius 2 is 2.57 bits per heavy atom. The normalized spacial score (nSPS) is 13.4. The summed E-state index contributed by atoms with van der Waals surface area (Å²) in [6.45, 7) is 5.80. The Kier molecular flexibility index (Phi) is 3.98. The molecule has 0 aliphatic heterocycles. The smallest absolute Gasteiger partial charge is 0.345 e. The molecule has 7 heavy (non-hydrogen) atoms. The maximum atomic E-state index is 8.66. The second-order valence-electron chi connectivity index (χ2n) is 1.08. The number of rotatable bonds is 3. The molecule has 3 heteroatoms. The lowest BCUT2D eigenvalue weighted by Crippen LogP contribution is -2.13. The summed E-state index contributed by atoms with van der Waals surface area (Å²) in [7, 11) is -1.92. The van der Waals surface area contributed by atoms with Crippen LogP contribution in [0, 0.1) is 0 Å². The second-order valence-corrected chi connectivity index (χ2v) is 2.67. The van der Waals surface area contributed by atoms with E-state index in [0.29, 0.717) is 6.61 Å². The van der Waals surface area contributed by atoms with E-state index in [1.165, 1.54) is 5.70 Å². The van der Waals surface area contributed by atoms with Crippen molar-refractivity contribution in [2.75, 3.05) is 6.61 Å². The first-order valence-corrected chi connectivity index (χ1v) is 3.89. The summed E-state index contributed by atoms with van der Waals surface area (Å²) >= 11 is 0. The highest BCUT2D eigenvalue weighted by Crippen LogP contribution is 1.78. The Morgan fingerprint density at radius 1 is 2.00 bits per heavy atom. The molecule has 0 aromatic heterocycles. The summed E-state index contributed by atoms with van der Waals surface area (Å²) in [6, 6.07) is 0. The highest BCUT2D eigenvalue weighted by Gasteiger charge is 1.95. The molecule has 0 bridgehead atoms. The Balaban J connectivity index is 2.98. The quantitative estimate of drug-likeness (QED) is 0.527. The van der Waals surface area contributed by atoms with Gasteiger partial charge in [0.05, 0.1) is 0 Å². The van der Waals surface area contributed by atoms with E-state index >= 15 is 0 Å². The second kappa shape index (κ2) is 4.05. The van der Waals surface area contributed by atoms with Gasteiger partial charge in [-0.05, 0) is 6.92 Å². The van der Waals surface area contributed by atoms with Crippen LogP contribution in [0.4, 0.5) is 0 Å². The standard InChI is InChI=1S/C4H10O2Si/c1-3-6-7(5)4-2/h4-5,7H,2-3H2,1H3. The molecule has 0 saturated carbocycles. The van der Waals surface area contributed by atoms with E-state index in [1.54, 1.807) is 0 Å². The van der Waals surface area contributed by atoms with Crippen molar-refractivity contribution in [3.05, 3.63) is 12.3 Å². The summed E-state index contributed by atoms with van der Waals surface area (Å²) in [4.78, 5) is 8.66. The molecule has 0 aromatic rings. The van der Waals surface area contributed by atoms with Crippen molar-refractivity contribution in [2.45, 2.75) is 6.92 Å². The molecule has 0 saturated heterocycles. The van der Waals surface area contributed by atoms with Crippen molar-refractivity contribution in [3.8, 4) is 0 Å². The van der Waals surface area contributed by atoms with E-state index in [1.807, 2.05) is 6.92 Å². The molecule has 0 radical (unpaired) electrons. The van der Waals surface area contributed by atoms with E-state index < -0.39 is 9.28 Å². The van der Waals surface area contributed by atoms with Crippen LogP contribution in [-0.2, 0) is 4.43 Å². The van der Waals surface area contributed by atoms with Crippen molar-refractivity contribution in [3.63, 3.8) is 0 Å². The van der Waals surface area contributed by atoms with Crippen LogP contribution in [0.3, 0.4) is 0 Å². The van der Waals surface area contributed by atoms with E-state index in [-0.39, 0.29) is 0 Å². The minimum atomic E-state index is -1.92. The fraction of sp³-hybridized carbons (Fsp3) is 0.500. The minimum absolute atomic E-state index is 0.583. The maximum absolute atomic E-state index is 8.66. The Morgan fingerprint density at radius 3 is 2.71 bits per heavy atom.